The molecule has 26 heavy (non-hydrogen) atoms. The summed E-state index contributed by atoms with van der Waals surface area (Å²) in [4.78, 5) is 15.8. The standard InChI is InChI=1S/C24H25NO/c1-16-7-6-9-18(13-16)14-20-22-11-12-23(25(22)3)21(24(20)26)15-19-10-5-4-8-17(19)2/h4-10,13-15,22-23H,11-12H2,1-3H3/b20-14-,21-15-/t22-,23-/m1/s1. The highest BCUT2D eigenvalue weighted by Gasteiger charge is 2.44. The number of aryl methyl sites for hydroxylation is 2. The highest BCUT2D eigenvalue weighted by molar-refractivity contribution is 6.16. The van der Waals surface area contributed by atoms with E-state index in [1.54, 1.807) is 0 Å². The Morgan fingerprint density at radius 2 is 1.62 bits per heavy atom. The predicted molar refractivity (Wildman–Crippen MR) is 108 cm³/mol. The number of hydrogen-bond donors (Lipinski definition) is 0. The fourth-order valence-electron chi connectivity index (χ4n) is 4.34. The van der Waals surface area contributed by atoms with Gasteiger partial charge in [0.2, 0.25) is 0 Å². The molecule has 2 atom stereocenters. The van der Waals surface area contributed by atoms with Crippen LogP contribution in [-0.4, -0.2) is 29.8 Å². The molecule has 0 amide bonds. The number of carbonyl (C=O) groups is 1. The molecule has 2 heterocycles. The summed E-state index contributed by atoms with van der Waals surface area (Å²) >= 11 is 0. The molecule has 2 bridgehead atoms. The van der Waals surface area contributed by atoms with Crippen molar-refractivity contribution in [1.82, 2.24) is 4.90 Å². The van der Waals surface area contributed by atoms with E-state index in [0.29, 0.717) is 0 Å². The lowest BCUT2D eigenvalue weighted by Crippen LogP contribution is -2.43. The van der Waals surface area contributed by atoms with Gasteiger partial charge in [0.15, 0.2) is 5.78 Å². The molecule has 0 N–H and O–H groups in total. The first-order valence-electron chi connectivity index (χ1n) is 9.37. The first kappa shape index (κ1) is 17.0. The van der Waals surface area contributed by atoms with Crippen LogP contribution >= 0.6 is 0 Å². The number of fused-ring (bicyclic) bond motifs is 2. The summed E-state index contributed by atoms with van der Waals surface area (Å²) in [5.74, 6) is 0.223. The van der Waals surface area contributed by atoms with E-state index in [-0.39, 0.29) is 17.9 Å². The van der Waals surface area contributed by atoms with Gasteiger partial charge in [0.25, 0.3) is 0 Å². The fraction of sp³-hybridized carbons (Fsp3) is 0.292. The molecular weight excluding hydrogens is 318 g/mol. The minimum absolute atomic E-state index is 0.223. The smallest absolute Gasteiger partial charge is 0.188 e. The van der Waals surface area contributed by atoms with Gasteiger partial charge in [-0.3, -0.25) is 9.69 Å². The molecule has 0 saturated carbocycles. The van der Waals surface area contributed by atoms with Gasteiger partial charge in [-0.15, -0.1) is 0 Å². The number of rotatable bonds is 2. The molecule has 0 aromatic heterocycles. The Balaban J connectivity index is 1.80. The molecule has 0 spiro atoms. The summed E-state index contributed by atoms with van der Waals surface area (Å²) < 4.78 is 0. The molecule has 2 nitrogen and oxygen atoms in total. The molecular formula is C24H25NO. The van der Waals surface area contributed by atoms with Crippen molar-refractivity contribution in [3.63, 3.8) is 0 Å². The van der Waals surface area contributed by atoms with E-state index >= 15 is 0 Å². The van der Waals surface area contributed by atoms with Gasteiger partial charge in [-0.25, -0.2) is 0 Å². The lowest BCUT2D eigenvalue weighted by atomic mass is 9.88. The van der Waals surface area contributed by atoms with Gasteiger partial charge >= 0.3 is 0 Å². The number of nitrogens with zero attached hydrogens (tertiary/aromatic N) is 1. The number of hydrogen-bond acceptors (Lipinski definition) is 2. The normalized spacial score (nSPS) is 26.0. The van der Waals surface area contributed by atoms with Crippen LogP contribution in [0.3, 0.4) is 0 Å². The van der Waals surface area contributed by atoms with Crippen molar-refractivity contribution in [2.24, 2.45) is 0 Å². The van der Waals surface area contributed by atoms with E-state index < -0.39 is 0 Å². The zero-order valence-corrected chi connectivity index (χ0v) is 15.7. The maximum Gasteiger partial charge on any atom is 0.188 e. The molecule has 132 valence electrons. The second-order valence-corrected chi connectivity index (χ2v) is 7.57. The summed E-state index contributed by atoms with van der Waals surface area (Å²) in [6.45, 7) is 4.19. The zero-order valence-electron chi connectivity index (χ0n) is 15.7. The van der Waals surface area contributed by atoms with Crippen LogP contribution in [0.5, 0.6) is 0 Å². The maximum absolute atomic E-state index is 13.4. The van der Waals surface area contributed by atoms with E-state index in [0.717, 1.165) is 35.1 Å². The molecule has 2 heteroatoms. The lowest BCUT2D eigenvalue weighted by molar-refractivity contribution is -0.114. The number of benzene rings is 2. The minimum atomic E-state index is 0.223. The van der Waals surface area contributed by atoms with Crippen molar-refractivity contribution in [1.29, 1.82) is 0 Å². The number of likely N-dealkylation sites (N-methyl/N-ethyl adjacent to an activating group) is 1. The van der Waals surface area contributed by atoms with Crippen molar-refractivity contribution < 1.29 is 4.79 Å². The average Bonchev–Trinajstić information content (AvgIpc) is 2.93. The number of Topliss-reactive ketones (excluding diaryl/α,β-unsaturated/α-hetero) is 1. The number of ketones is 1. The van der Waals surface area contributed by atoms with Crippen molar-refractivity contribution in [2.45, 2.75) is 38.8 Å². The van der Waals surface area contributed by atoms with E-state index in [1.807, 2.05) is 12.1 Å². The SMILES string of the molecule is Cc1cccc(/C=C2\C(=O)/C(=C\c3ccccc3C)[C@H]3CC[C@H]2N3C)c1. The quantitative estimate of drug-likeness (QED) is 0.729. The van der Waals surface area contributed by atoms with E-state index in [9.17, 15) is 4.79 Å². The largest absolute Gasteiger partial charge is 0.292 e. The average molecular weight is 343 g/mol. The molecule has 0 unspecified atom stereocenters. The molecule has 2 aromatic carbocycles. The fourth-order valence-corrected chi connectivity index (χ4v) is 4.34. The Morgan fingerprint density at radius 3 is 2.31 bits per heavy atom. The molecule has 0 aliphatic carbocycles. The van der Waals surface area contributed by atoms with Gasteiger partial charge in [0, 0.05) is 23.2 Å². The first-order valence-corrected chi connectivity index (χ1v) is 9.37. The molecule has 2 saturated heterocycles. The van der Waals surface area contributed by atoms with Gasteiger partial charge in [0.1, 0.15) is 0 Å². The maximum atomic E-state index is 13.4. The Kier molecular flexibility index (Phi) is 4.37. The zero-order chi connectivity index (χ0) is 18.3. The van der Waals surface area contributed by atoms with Gasteiger partial charge < -0.3 is 0 Å². The molecule has 2 fully saturated rings. The third-order valence-corrected chi connectivity index (χ3v) is 5.80. The summed E-state index contributed by atoms with van der Waals surface area (Å²) in [6.07, 6.45) is 6.32. The topological polar surface area (TPSA) is 20.3 Å². The molecule has 2 aliphatic heterocycles. The van der Waals surface area contributed by atoms with Crippen LogP contribution in [0.25, 0.3) is 12.2 Å². The molecule has 0 radical (unpaired) electrons. The van der Waals surface area contributed by atoms with Crippen molar-refractivity contribution in [3.05, 3.63) is 81.9 Å². The predicted octanol–water partition coefficient (Wildman–Crippen LogP) is 4.82. The van der Waals surface area contributed by atoms with Crippen LogP contribution in [0.1, 0.15) is 35.1 Å². The third kappa shape index (κ3) is 2.95. The molecule has 2 aliphatic rings. The van der Waals surface area contributed by atoms with Gasteiger partial charge in [0.05, 0.1) is 0 Å². The van der Waals surface area contributed by atoms with Crippen molar-refractivity contribution in [3.8, 4) is 0 Å². The Labute approximate surface area is 155 Å². The van der Waals surface area contributed by atoms with Crippen LogP contribution in [0.4, 0.5) is 0 Å². The summed E-state index contributed by atoms with van der Waals surface area (Å²) in [5, 5.41) is 0. The summed E-state index contributed by atoms with van der Waals surface area (Å²) in [6, 6.07) is 17.1. The van der Waals surface area contributed by atoms with Crippen LogP contribution in [0.2, 0.25) is 0 Å². The van der Waals surface area contributed by atoms with E-state index in [2.05, 4.69) is 74.3 Å². The van der Waals surface area contributed by atoms with E-state index in [4.69, 9.17) is 0 Å². The highest BCUT2D eigenvalue weighted by Crippen LogP contribution is 2.40. The van der Waals surface area contributed by atoms with Crippen LogP contribution in [0.15, 0.2) is 59.7 Å². The lowest BCUT2D eigenvalue weighted by Gasteiger charge is -2.34. The molecule has 4 rings (SSSR count). The third-order valence-electron chi connectivity index (χ3n) is 5.80. The highest BCUT2D eigenvalue weighted by atomic mass is 16.1. The number of carbonyl (C=O) groups excluding carboxylic acids is 1. The van der Waals surface area contributed by atoms with Crippen LogP contribution in [-0.2, 0) is 4.79 Å². The Hall–Kier alpha value is -2.45. The second-order valence-electron chi connectivity index (χ2n) is 7.57. The Bertz CT molecular complexity index is 921. The van der Waals surface area contributed by atoms with E-state index in [1.165, 1.54) is 11.1 Å². The number of piperidine rings is 1. The van der Waals surface area contributed by atoms with Gasteiger partial charge in [-0.05, 0) is 62.6 Å². The first-order chi connectivity index (χ1) is 12.5. The van der Waals surface area contributed by atoms with Gasteiger partial charge in [-0.2, -0.15) is 0 Å². The molecule has 2 aromatic rings. The van der Waals surface area contributed by atoms with Crippen molar-refractivity contribution in [2.75, 3.05) is 7.05 Å². The second kappa shape index (κ2) is 6.69. The Morgan fingerprint density at radius 1 is 0.923 bits per heavy atom. The summed E-state index contributed by atoms with van der Waals surface area (Å²) in [5.41, 5.74) is 6.56. The monoisotopic (exact) mass is 343 g/mol. The summed E-state index contributed by atoms with van der Waals surface area (Å²) in [7, 11) is 2.16. The van der Waals surface area contributed by atoms with Gasteiger partial charge in [-0.1, -0.05) is 54.1 Å². The van der Waals surface area contributed by atoms with Crippen LogP contribution in [0, 0.1) is 13.8 Å². The minimum Gasteiger partial charge on any atom is -0.292 e. The van der Waals surface area contributed by atoms with Crippen LogP contribution < -0.4 is 0 Å². The van der Waals surface area contributed by atoms with Crippen molar-refractivity contribution >= 4 is 17.9 Å².